The molecule has 0 heterocycles. The Hall–Kier alpha value is -1.07. The molecule has 0 spiro atoms. The van der Waals surface area contributed by atoms with Crippen molar-refractivity contribution < 1.29 is 13.2 Å². The molecule has 0 fully saturated rings. The first kappa shape index (κ1) is 16.0. The molecule has 0 bridgehead atoms. The highest BCUT2D eigenvalue weighted by atomic mass is 19.4. The molecule has 0 aromatic heterocycles. The minimum Gasteiger partial charge on any atom is -0.317 e. The Morgan fingerprint density at radius 1 is 1.00 bits per heavy atom. The first-order chi connectivity index (χ1) is 9.05. The number of rotatable bonds is 8. The standard InChI is InChI=1S/C14H21F3N2/c1-2-8-18-9-5-10-19-11-12-6-3-4-7-13(12)14(15,16)17/h3-4,6-7,18-19H,2,5,8-11H2,1H3. The highest BCUT2D eigenvalue weighted by Crippen LogP contribution is 2.31. The third-order valence-electron chi connectivity index (χ3n) is 2.77. The predicted octanol–water partition coefficient (Wildman–Crippen LogP) is 3.18. The van der Waals surface area contributed by atoms with E-state index in [1.807, 2.05) is 0 Å². The van der Waals surface area contributed by atoms with E-state index in [4.69, 9.17) is 0 Å². The van der Waals surface area contributed by atoms with Gasteiger partial charge in [0.25, 0.3) is 0 Å². The van der Waals surface area contributed by atoms with Crippen molar-refractivity contribution in [1.29, 1.82) is 0 Å². The first-order valence-electron chi connectivity index (χ1n) is 6.62. The van der Waals surface area contributed by atoms with E-state index in [0.717, 1.165) is 32.0 Å². The summed E-state index contributed by atoms with van der Waals surface area (Å²) in [5.41, 5.74) is -0.247. The highest BCUT2D eigenvalue weighted by molar-refractivity contribution is 5.29. The van der Waals surface area contributed by atoms with Crippen LogP contribution in [0.2, 0.25) is 0 Å². The molecule has 0 aliphatic heterocycles. The lowest BCUT2D eigenvalue weighted by molar-refractivity contribution is -0.138. The summed E-state index contributed by atoms with van der Waals surface area (Å²) in [6, 6.07) is 5.70. The molecule has 1 rings (SSSR count). The van der Waals surface area contributed by atoms with Gasteiger partial charge in [-0.05, 0) is 44.1 Å². The van der Waals surface area contributed by atoms with Gasteiger partial charge in [-0.2, -0.15) is 13.2 Å². The van der Waals surface area contributed by atoms with Gasteiger partial charge in [-0.15, -0.1) is 0 Å². The summed E-state index contributed by atoms with van der Waals surface area (Å²) in [5.74, 6) is 0. The zero-order valence-corrected chi connectivity index (χ0v) is 11.2. The molecule has 2 nitrogen and oxygen atoms in total. The van der Waals surface area contributed by atoms with E-state index in [2.05, 4.69) is 17.6 Å². The van der Waals surface area contributed by atoms with Crippen LogP contribution in [0.4, 0.5) is 13.2 Å². The zero-order valence-electron chi connectivity index (χ0n) is 11.2. The number of nitrogens with one attached hydrogen (secondary N) is 2. The maximum atomic E-state index is 12.7. The Labute approximate surface area is 112 Å². The Bertz CT molecular complexity index is 364. The molecular formula is C14H21F3N2. The van der Waals surface area contributed by atoms with Crippen LogP contribution in [-0.4, -0.2) is 19.6 Å². The van der Waals surface area contributed by atoms with Crippen LogP contribution < -0.4 is 10.6 Å². The monoisotopic (exact) mass is 274 g/mol. The number of hydrogen-bond donors (Lipinski definition) is 2. The fourth-order valence-corrected chi connectivity index (χ4v) is 1.81. The largest absolute Gasteiger partial charge is 0.416 e. The molecule has 0 atom stereocenters. The van der Waals surface area contributed by atoms with Gasteiger partial charge in [-0.25, -0.2) is 0 Å². The maximum absolute atomic E-state index is 12.7. The van der Waals surface area contributed by atoms with Crippen molar-refractivity contribution in [3.8, 4) is 0 Å². The molecule has 108 valence electrons. The second-order valence-corrected chi connectivity index (χ2v) is 4.44. The normalized spacial score (nSPS) is 11.8. The van der Waals surface area contributed by atoms with Gasteiger partial charge in [0.05, 0.1) is 5.56 Å². The lowest BCUT2D eigenvalue weighted by atomic mass is 10.1. The fraction of sp³-hybridized carbons (Fsp3) is 0.571. The third-order valence-corrected chi connectivity index (χ3v) is 2.77. The molecule has 0 saturated heterocycles. The second kappa shape index (κ2) is 8.17. The number of benzene rings is 1. The molecule has 1 aromatic carbocycles. The van der Waals surface area contributed by atoms with Crippen LogP contribution in [0, 0.1) is 0 Å². The van der Waals surface area contributed by atoms with Gasteiger partial charge in [-0.3, -0.25) is 0 Å². The van der Waals surface area contributed by atoms with Crippen molar-refractivity contribution in [2.75, 3.05) is 19.6 Å². The van der Waals surface area contributed by atoms with Gasteiger partial charge in [0.15, 0.2) is 0 Å². The van der Waals surface area contributed by atoms with Crippen molar-refractivity contribution in [2.45, 2.75) is 32.5 Å². The summed E-state index contributed by atoms with van der Waals surface area (Å²) in [4.78, 5) is 0. The van der Waals surface area contributed by atoms with Crippen LogP contribution in [-0.2, 0) is 12.7 Å². The summed E-state index contributed by atoms with van der Waals surface area (Å²) in [6.45, 7) is 4.93. The topological polar surface area (TPSA) is 24.1 Å². The quantitative estimate of drug-likeness (QED) is 0.711. The molecule has 0 saturated carbocycles. The van der Waals surface area contributed by atoms with E-state index in [1.165, 1.54) is 12.1 Å². The number of hydrogen-bond acceptors (Lipinski definition) is 2. The van der Waals surface area contributed by atoms with Crippen molar-refractivity contribution in [2.24, 2.45) is 0 Å². The van der Waals surface area contributed by atoms with E-state index in [9.17, 15) is 13.2 Å². The van der Waals surface area contributed by atoms with E-state index in [-0.39, 0.29) is 6.54 Å². The Morgan fingerprint density at radius 2 is 1.68 bits per heavy atom. The van der Waals surface area contributed by atoms with Crippen LogP contribution >= 0.6 is 0 Å². The molecule has 2 N–H and O–H groups in total. The molecule has 5 heteroatoms. The summed E-state index contributed by atoms with van der Waals surface area (Å²) in [6.07, 6.45) is -2.28. The minimum absolute atomic E-state index is 0.253. The summed E-state index contributed by atoms with van der Waals surface area (Å²) < 4.78 is 38.2. The lowest BCUT2D eigenvalue weighted by Gasteiger charge is -2.13. The van der Waals surface area contributed by atoms with Gasteiger partial charge in [0.2, 0.25) is 0 Å². The van der Waals surface area contributed by atoms with Crippen molar-refractivity contribution in [3.05, 3.63) is 35.4 Å². The summed E-state index contributed by atoms with van der Waals surface area (Å²) in [7, 11) is 0. The minimum atomic E-state index is -4.28. The lowest BCUT2D eigenvalue weighted by Crippen LogP contribution is -2.23. The van der Waals surface area contributed by atoms with E-state index in [0.29, 0.717) is 12.1 Å². The van der Waals surface area contributed by atoms with Gasteiger partial charge in [0.1, 0.15) is 0 Å². The third kappa shape index (κ3) is 6.07. The van der Waals surface area contributed by atoms with Crippen LogP contribution in [0.1, 0.15) is 30.9 Å². The highest BCUT2D eigenvalue weighted by Gasteiger charge is 2.32. The van der Waals surface area contributed by atoms with Crippen molar-refractivity contribution >= 4 is 0 Å². The molecule has 0 aliphatic carbocycles. The molecule has 19 heavy (non-hydrogen) atoms. The number of halogens is 3. The first-order valence-corrected chi connectivity index (χ1v) is 6.62. The predicted molar refractivity (Wildman–Crippen MR) is 70.9 cm³/mol. The molecule has 0 unspecified atom stereocenters. The van der Waals surface area contributed by atoms with Gasteiger partial charge in [-0.1, -0.05) is 25.1 Å². The average Bonchev–Trinajstić information content (AvgIpc) is 2.37. The Kier molecular flexibility index (Phi) is 6.87. The fourth-order valence-electron chi connectivity index (χ4n) is 1.81. The molecule has 0 amide bonds. The van der Waals surface area contributed by atoms with E-state index >= 15 is 0 Å². The Morgan fingerprint density at radius 3 is 2.37 bits per heavy atom. The maximum Gasteiger partial charge on any atom is 0.416 e. The summed E-state index contributed by atoms with van der Waals surface area (Å²) >= 11 is 0. The van der Waals surface area contributed by atoms with Crippen molar-refractivity contribution in [1.82, 2.24) is 10.6 Å². The van der Waals surface area contributed by atoms with Gasteiger partial charge >= 0.3 is 6.18 Å². The molecule has 1 aromatic rings. The zero-order chi connectivity index (χ0) is 14.1. The average molecular weight is 274 g/mol. The molecular weight excluding hydrogens is 253 g/mol. The van der Waals surface area contributed by atoms with Crippen LogP contribution in [0.5, 0.6) is 0 Å². The van der Waals surface area contributed by atoms with Crippen LogP contribution in [0.3, 0.4) is 0 Å². The Balaban J connectivity index is 2.33. The number of alkyl halides is 3. The van der Waals surface area contributed by atoms with E-state index in [1.54, 1.807) is 6.07 Å². The SMILES string of the molecule is CCCNCCCNCc1ccccc1C(F)(F)F. The van der Waals surface area contributed by atoms with Gasteiger partial charge in [0, 0.05) is 6.54 Å². The second-order valence-electron chi connectivity index (χ2n) is 4.44. The van der Waals surface area contributed by atoms with Crippen LogP contribution in [0.25, 0.3) is 0 Å². The van der Waals surface area contributed by atoms with Crippen LogP contribution in [0.15, 0.2) is 24.3 Å². The molecule has 0 radical (unpaired) electrons. The van der Waals surface area contributed by atoms with Crippen molar-refractivity contribution in [3.63, 3.8) is 0 Å². The smallest absolute Gasteiger partial charge is 0.317 e. The summed E-state index contributed by atoms with van der Waals surface area (Å²) in [5, 5.41) is 6.30. The molecule has 0 aliphatic rings. The van der Waals surface area contributed by atoms with E-state index < -0.39 is 11.7 Å². The van der Waals surface area contributed by atoms with Gasteiger partial charge < -0.3 is 10.6 Å².